The van der Waals surface area contributed by atoms with Gasteiger partial charge in [0.05, 0.1) is 11.5 Å². The smallest absolute Gasteiger partial charge is 0.243 e. The monoisotopic (exact) mass is 436 g/mol. The summed E-state index contributed by atoms with van der Waals surface area (Å²) in [6.07, 6.45) is 2.78. The Labute approximate surface area is 176 Å². The molecule has 0 bridgehead atoms. The highest BCUT2D eigenvalue weighted by Crippen LogP contribution is 2.21. The maximum absolute atomic E-state index is 12.5. The lowest BCUT2D eigenvalue weighted by Crippen LogP contribution is -2.28. The van der Waals surface area contributed by atoms with E-state index in [0.717, 1.165) is 24.2 Å². The Kier molecular flexibility index (Phi) is 7.52. The highest BCUT2D eigenvalue weighted by Gasteiger charge is 2.26. The van der Waals surface area contributed by atoms with Gasteiger partial charge in [0.25, 0.3) is 0 Å². The van der Waals surface area contributed by atoms with Crippen LogP contribution in [0.3, 0.4) is 0 Å². The third-order valence-electron chi connectivity index (χ3n) is 4.75. The zero-order chi connectivity index (χ0) is 20.7. The van der Waals surface area contributed by atoms with Crippen molar-refractivity contribution in [3.05, 3.63) is 59.1 Å². The number of ether oxygens (including phenoxy) is 1. The summed E-state index contributed by atoms with van der Waals surface area (Å²) < 4.78 is 32.1. The number of halogens is 1. The molecule has 0 atom stereocenters. The van der Waals surface area contributed by atoms with Crippen molar-refractivity contribution in [2.45, 2.75) is 37.1 Å². The average molecular weight is 437 g/mol. The van der Waals surface area contributed by atoms with E-state index < -0.39 is 10.0 Å². The van der Waals surface area contributed by atoms with Gasteiger partial charge in [-0.05, 0) is 61.2 Å². The van der Waals surface area contributed by atoms with Crippen LogP contribution in [-0.2, 0) is 21.4 Å². The SMILES string of the molecule is O=C(CCCOc1ccc(Cl)cc1)NCc1ccc(S(=O)(=O)N2CCCC2)cc1. The van der Waals surface area contributed by atoms with E-state index in [9.17, 15) is 13.2 Å². The van der Waals surface area contributed by atoms with Crippen LogP contribution in [0.5, 0.6) is 5.75 Å². The second-order valence-electron chi connectivity index (χ2n) is 6.94. The van der Waals surface area contributed by atoms with E-state index in [1.54, 1.807) is 48.5 Å². The minimum Gasteiger partial charge on any atom is -0.494 e. The lowest BCUT2D eigenvalue weighted by Gasteiger charge is -2.15. The Bertz CT molecular complexity index is 909. The van der Waals surface area contributed by atoms with Gasteiger partial charge < -0.3 is 10.1 Å². The summed E-state index contributed by atoms with van der Waals surface area (Å²) in [5.74, 6) is 0.650. The quantitative estimate of drug-likeness (QED) is 0.609. The second kappa shape index (κ2) is 10.1. The maximum atomic E-state index is 12.5. The maximum Gasteiger partial charge on any atom is 0.243 e. The Hall–Kier alpha value is -2.09. The Morgan fingerprint density at radius 1 is 1.03 bits per heavy atom. The fourth-order valence-electron chi connectivity index (χ4n) is 3.10. The number of hydrogen-bond donors (Lipinski definition) is 1. The molecular weight excluding hydrogens is 412 g/mol. The molecule has 0 saturated carbocycles. The zero-order valence-electron chi connectivity index (χ0n) is 16.1. The van der Waals surface area contributed by atoms with Crippen LogP contribution in [0.2, 0.25) is 5.02 Å². The van der Waals surface area contributed by atoms with Crippen molar-refractivity contribution < 1.29 is 17.9 Å². The average Bonchev–Trinajstić information content (AvgIpc) is 3.27. The minimum atomic E-state index is -3.40. The van der Waals surface area contributed by atoms with Crippen molar-refractivity contribution in [2.24, 2.45) is 0 Å². The number of amides is 1. The molecule has 8 heteroatoms. The van der Waals surface area contributed by atoms with Crippen LogP contribution < -0.4 is 10.1 Å². The van der Waals surface area contributed by atoms with Crippen LogP contribution in [0, 0.1) is 0 Å². The van der Waals surface area contributed by atoms with Crippen molar-refractivity contribution in [3.8, 4) is 5.75 Å². The second-order valence-corrected chi connectivity index (χ2v) is 9.31. The van der Waals surface area contributed by atoms with Crippen LogP contribution in [-0.4, -0.2) is 38.3 Å². The van der Waals surface area contributed by atoms with Crippen LogP contribution in [0.25, 0.3) is 0 Å². The summed E-state index contributed by atoms with van der Waals surface area (Å²) in [6, 6.07) is 13.8. The van der Waals surface area contributed by atoms with Crippen LogP contribution >= 0.6 is 11.6 Å². The van der Waals surface area contributed by atoms with Gasteiger partial charge in [-0.3, -0.25) is 4.79 Å². The van der Waals surface area contributed by atoms with Gasteiger partial charge in [0.1, 0.15) is 5.75 Å². The lowest BCUT2D eigenvalue weighted by molar-refractivity contribution is -0.121. The molecule has 1 amide bonds. The van der Waals surface area contributed by atoms with Crippen molar-refractivity contribution in [3.63, 3.8) is 0 Å². The molecule has 6 nitrogen and oxygen atoms in total. The van der Waals surface area contributed by atoms with Gasteiger partial charge in [0.2, 0.25) is 15.9 Å². The van der Waals surface area contributed by atoms with Gasteiger partial charge >= 0.3 is 0 Å². The fraction of sp³-hybridized carbons (Fsp3) is 0.381. The Balaban J connectivity index is 1.39. The first-order valence-electron chi connectivity index (χ1n) is 9.69. The zero-order valence-corrected chi connectivity index (χ0v) is 17.7. The molecule has 1 fully saturated rings. The molecule has 0 radical (unpaired) electrons. The Morgan fingerprint density at radius 3 is 2.34 bits per heavy atom. The number of benzene rings is 2. The van der Waals surface area contributed by atoms with E-state index in [4.69, 9.17) is 16.3 Å². The predicted molar refractivity (Wildman–Crippen MR) is 112 cm³/mol. The third-order valence-corrected chi connectivity index (χ3v) is 6.91. The summed E-state index contributed by atoms with van der Waals surface area (Å²) in [4.78, 5) is 12.3. The molecule has 0 unspecified atom stereocenters. The normalized spacial score (nSPS) is 14.7. The molecule has 29 heavy (non-hydrogen) atoms. The molecule has 1 N–H and O–H groups in total. The van der Waals surface area contributed by atoms with Crippen molar-refractivity contribution in [1.29, 1.82) is 0 Å². The highest BCUT2D eigenvalue weighted by atomic mass is 35.5. The summed E-state index contributed by atoms with van der Waals surface area (Å²) in [5, 5.41) is 3.50. The molecule has 0 aliphatic carbocycles. The topological polar surface area (TPSA) is 75.7 Å². The number of nitrogens with one attached hydrogen (secondary N) is 1. The molecule has 1 heterocycles. The predicted octanol–water partition coefficient (Wildman–Crippen LogP) is 3.60. The summed E-state index contributed by atoms with van der Waals surface area (Å²) >= 11 is 5.82. The first-order chi connectivity index (χ1) is 13.9. The van der Waals surface area contributed by atoms with Crippen molar-refractivity contribution >= 4 is 27.5 Å². The first kappa shape index (κ1) is 21.6. The molecule has 1 saturated heterocycles. The summed E-state index contributed by atoms with van der Waals surface area (Å²) in [6.45, 7) is 1.97. The van der Waals surface area contributed by atoms with Gasteiger partial charge in [0.15, 0.2) is 0 Å². The standard InChI is InChI=1S/C21H25ClN2O4S/c22-18-7-9-19(10-8-18)28-15-3-4-21(25)23-16-17-5-11-20(12-6-17)29(26,27)24-13-1-2-14-24/h5-12H,1-4,13-16H2,(H,23,25). The number of hydrogen-bond acceptors (Lipinski definition) is 4. The van der Waals surface area contributed by atoms with Crippen molar-refractivity contribution in [1.82, 2.24) is 9.62 Å². The molecule has 0 spiro atoms. The Morgan fingerprint density at radius 2 is 1.69 bits per heavy atom. The first-order valence-corrected chi connectivity index (χ1v) is 11.5. The lowest BCUT2D eigenvalue weighted by atomic mass is 10.2. The minimum absolute atomic E-state index is 0.0709. The molecule has 2 aromatic carbocycles. The molecule has 0 aromatic heterocycles. The summed E-state index contributed by atoms with van der Waals surface area (Å²) in [7, 11) is -3.40. The molecule has 3 rings (SSSR count). The van der Waals surface area contributed by atoms with Crippen LogP contribution in [0.1, 0.15) is 31.2 Å². The van der Waals surface area contributed by atoms with Gasteiger partial charge in [-0.2, -0.15) is 4.31 Å². The third kappa shape index (κ3) is 6.19. The fourth-order valence-corrected chi connectivity index (χ4v) is 4.74. The number of carbonyl (C=O) groups excluding carboxylic acids is 1. The van der Waals surface area contributed by atoms with E-state index in [2.05, 4.69) is 5.32 Å². The highest BCUT2D eigenvalue weighted by molar-refractivity contribution is 7.89. The molecule has 156 valence electrons. The number of rotatable bonds is 9. The molecule has 2 aromatic rings. The molecule has 1 aliphatic rings. The van der Waals surface area contributed by atoms with Crippen LogP contribution in [0.4, 0.5) is 0 Å². The van der Waals surface area contributed by atoms with Gasteiger partial charge in [-0.15, -0.1) is 0 Å². The number of sulfonamides is 1. The molecule has 1 aliphatic heterocycles. The van der Waals surface area contributed by atoms with E-state index >= 15 is 0 Å². The van der Waals surface area contributed by atoms with E-state index in [1.807, 2.05) is 0 Å². The van der Waals surface area contributed by atoms with E-state index in [1.165, 1.54) is 4.31 Å². The molecular formula is C21H25ClN2O4S. The van der Waals surface area contributed by atoms with Gasteiger partial charge in [0, 0.05) is 31.1 Å². The van der Waals surface area contributed by atoms with Crippen molar-refractivity contribution in [2.75, 3.05) is 19.7 Å². The van der Waals surface area contributed by atoms with Gasteiger partial charge in [-0.25, -0.2) is 8.42 Å². The van der Waals surface area contributed by atoms with Gasteiger partial charge in [-0.1, -0.05) is 23.7 Å². The summed E-state index contributed by atoms with van der Waals surface area (Å²) in [5.41, 5.74) is 0.858. The number of carbonyl (C=O) groups is 1. The largest absolute Gasteiger partial charge is 0.494 e. The van der Waals surface area contributed by atoms with E-state index in [-0.39, 0.29) is 5.91 Å². The number of nitrogens with zero attached hydrogens (tertiary/aromatic N) is 1. The van der Waals surface area contributed by atoms with E-state index in [0.29, 0.717) is 49.0 Å². The van der Waals surface area contributed by atoms with Crippen LogP contribution in [0.15, 0.2) is 53.4 Å².